The highest BCUT2D eigenvalue weighted by molar-refractivity contribution is 6.01. The van der Waals surface area contributed by atoms with Gasteiger partial charge in [-0.2, -0.15) is 5.26 Å². The second-order valence-corrected chi connectivity index (χ2v) is 5.96. The lowest BCUT2D eigenvalue weighted by molar-refractivity contribution is 0.0952. The first-order valence-electron chi connectivity index (χ1n) is 8.59. The summed E-state index contributed by atoms with van der Waals surface area (Å²) in [6.45, 7) is 2.21. The first-order chi connectivity index (χ1) is 13.6. The van der Waals surface area contributed by atoms with Crippen LogP contribution in [-0.4, -0.2) is 18.4 Å². The number of ether oxygens (including phenoxy) is 2. The Hall–Kier alpha value is -3.95. The van der Waals surface area contributed by atoms with Crippen LogP contribution in [0.3, 0.4) is 0 Å². The van der Waals surface area contributed by atoms with Crippen molar-refractivity contribution in [3.63, 3.8) is 0 Å². The fourth-order valence-corrected chi connectivity index (χ4v) is 3.18. The van der Waals surface area contributed by atoms with Crippen molar-refractivity contribution in [1.29, 1.82) is 5.26 Å². The molecule has 1 aliphatic heterocycles. The van der Waals surface area contributed by atoms with E-state index >= 15 is 0 Å². The lowest BCUT2D eigenvalue weighted by Gasteiger charge is -2.30. The SMILES string of the molecule is CCOc1cccc2c1OC(N)=C(C#N)C2C(N=[N+]=[N-])C(=O)c1ccccc1. The number of benzene rings is 2. The molecule has 2 N–H and O–H groups in total. The van der Waals surface area contributed by atoms with Crippen LogP contribution in [0.4, 0.5) is 0 Å². The van der Waals surface area contributed by atoms with Gasteiger partial charge in [0.15, 0.2) is 17.3 Å². The molecule has 0 radical (unpaired) electrons. The maximum Gasteiger partial charge on any atom is 0.205 e. The molecule has 0 amide bonds. The van der Waals surface area contributed by atoms with Gasteiger partial charge in [-0.15, -0.1) is 0 Å². The zero-order chi connectivity index (χ0) is 20.1. The summed E-state index contributed by atoms with van der Waals surface area (Å²) in [5.74, 6) is -0.718. The van der Waals surface area contributed by atoms with Crippen LogP contribution in [0.2, 0.25) is 0 Å². The topological polar surface area (TPSA) is 134 Å². The van der Waals surface area contributed by atoms with Crippen molar-refractivity contribution in [3.8, 4) is 17.6 Å². The third kappa shape index (κ3) is 3.34. The number of azide groups is 1. The zero-order valence-electron chi connectivity index (χ0n) is 15.1. The van der Waals surface area contributed by atoms with Gasteiger partial charge in [0, 0.05) is 22.0 Å². The van der Waals surface area contributed by atoms with Crippen molar-refractivity contribution in [2.24, 2.45) is 10.8 Å². The molecule has 0 bridgehead atoms. The molecule has 0 fully saturated rings. The number of hydrogen-bond donors (Lipinski definition) is 1. The van der Waals surface area contributed by atoms with E-state index in [1.165, 1.54) is 0 Å². The van der Waals surface area contributed by atoms with Gasteiger partial charge in [-0.3, -0.25) is 4.79 Å². The number of rotatable bonds is 6. The van der Waals surface area contributed by atoms with Crippen molar-refractivity contribution in [3.05, 3.63) is 81.6 Å². The van der Waals surface area contributed by atoms with Crippen molar-refractivity contribution in [1.82, 2.24) is 0 Å². The molecule has 1 heterocycles. The number of ketones is 1. The Labute approximate surface area is 161 Å². The molecule has 8 heteroatoms. The average molecular weight is 375 g/mol. The third-order valence-electron chi connectivity index (χ3n) is 4.37. The molecule has 0 spiro atoms. The smallest absolute Gasteiger partial charge is 0.205 e. The fourth-order valence-electron chi connectivity index (χ4n) is 3.18. The molecule has 2 aromatic rings. The molecule has 2 aromatic carbocycles. The summed E-state index contributed by atoms with van der Waals surface area (Å²) < 4.78 is 11.2. The molecular formula is C20H17N5O3. The Morgan fingerprint density at radius 3 is 2.75 bits per heavy atom. The van der Waals surface area contributed by atoms with Gasteiger partial charge in [-0.05, 0) is 18.5 Å². The Morgan fingerprint density at radius 1 is 1.36 bits per heavy atom. The number of para-hydroxylation sites is 1. The van der Waals surface area contributed by atoms with Crippen LogP contribution in [0, 0.1) is 11.3 Å². The Balaban J connectivity index is 2.19. The highest BCUT2D eigenvalue weighted by Crippen LogP contribution is 2.46. The first kappa shape index (κ1) is 18.8. The summed E-state index contributed by atoms with van der Waals surface area (Å²) in [6, 6.07) is 14.3. The lowest BCUT2D eigenvalue weighted by Crippen LogP contribution is -2.32. The average Bonchev–Trinajstić information content (AvgIpc) is 2.72. The molecule has 2 unspecified atom stereocenters. The number of Topliss-reactive ketones (excluding diaryl/α,β-unsaturated/α-hetero) is 1. The van der Waals surface area contributed by atoms with Crippen LogP contribution in [0.5, 0.6) is 11.5 Å². The molecule has 1 aliphatic rings. The Kier molecular flexibility index (Phi) is 5.49. The van der Waals surface area contributed by atoms with Crippen LogP contribution in [-0.2, 0) is 0 Å². The number of nitrogens with zero attached hydrogens (tertiary/aromatic N) is 4. The quantitative estimate of drug-likeness (QED) is 0.354. The summed E-state index contributed by atoms with van der Waals surface area (Å²) >= 11 is 0. The van der Waals surface area contributed by atoms with Gasteiger partial charge in [0.1, 0.15) is 12.1 Å². The fraction of sp³-hybridized carbons (Fsp3) is 0.200. The van der Waals surface area contributed by atoms with Gasteiger partial charge in [0.2, 0.25) is 5.88 Å². The predicted octanol–water partition coefficient (Wildman–Crippen LogP) is 3.82. The summed E-state index contributed by atoms with van der Waals surface area (Å²) in [5, 5.41) is 13.4. The minimum absolute atomic E-state index is 0.0304. The molecule has 3 rings (SSSR count). The summed E-state index contributed by atoms with van der Waals surface area (Å²) in [4.78, 5) is 16.0. The van der Waals surface area contributed by atoms with Crippen molar-refractivity contribution in [2.45, 2.75) is 18.9 Å². The number of fused-ring (bicyclic) bond motifs is 1. The third-order valence-corrected chi connectivity index (χ3v) is 4.37. The van der Waals surface area contributed by atoms with E-state index in [-0.39, 0.29) is 11.5 Å². The van der Waals surface area contributed by atoms with Gasteiger partial charge in [-0.1, -0.05) is 47.6 Å². The van der Waals surface area contributed by atoms with Crippen LogP contribution in [0.25, 0.3) is 10.4 Å². The van der Waals surface area contributed by atoms with E-state index in [2.05, 4.69) is 10.0 Å². The van der Waals surface area contributed by atoms with Gasteiger partial charge in [0.05, 0.1) is 12.2 Å². The highest BCUT2D eigenvalue weighted by Gasteiger charge is 2.39. The number of nitrogens with two attached hydrogens (primary N) is 1. The minimum Gasteiger partial charge on any atom is -0.490 e. The first-order valence-corrected chi connectivity index (χ1v) is 8.59. The summed E-state index contributed by atoms with van der Waals surface area (Å²) in [7, 11) is 0. The number of hydrogen-bond acceptors (Lipinski definition) is 6. The van der Waals surface area contributed by atoms with Gasteiger partial charge >= 0.3 is 0 Å². The predicted molar refractivity (Wildman–Crippen MR) is 102 cm³/mol. The molecule has 0 saturated heterocycles. The van der Waals surface area contributed by atoms with Crippen molar-refractivity contribution < 1.29 is 14.3 Å². The van der Waals surface area contributed by atoms with E-state index in [4.69, 9.17) is 20.7 Å². The van der Waals surface area contributed by atoms with E-state index in [0.717, 1.165) is 0 Å². The molecule has 8 nitrogen and oxygen atoms in total. The van der Waals surface area contributed by atoms with E-state index in [9.17, 15) is 10.1 Å². The van der Waals surface area contributed by atoms with Crippen molar-refractivity contribution in [2.75, 3.05) is 6.61 Å². The van der Waals surface area contributed by atoms with Crippen LogP contribution in [0.1, 0.15) is 28.8 Å². The standard InChI is InChI=1S/C20H17N5O3/c1-2-27-15-10-6-9-13-16(14(11-21)20(22)28-19(13)15)17(24-25-23)18(26)12-7-4-3-5-8-12/h3-10,16-17H,2,22H2,1H3. The number of carbonyl (C=O) groups excluding carboxylic acids is 1. The van der Waals surface area contributed by atoms with Gasteiger partial charge < -0.3 is 15.2 Å². The lowest BCUT2D eigenvalue weighted by atomic mass is 9.80. The van der Waals surface area contributed by atoms with Crippen molar-refractivity contribution >= 4 is 5.78 Å². The van der Waals surface area contributed by atoms with E-state index in [1.807, 2.05) is 13.0 Å². The van der Waals surface area contributed by atoms with Crippen LogP contribution in [0.15, 0.2) is 65.1 Å². The maximum atomic E-state index is 13.1. The molecule has 140 valence electrons. The molecule has 0 saturated carbocycles. The number of carbonyl (C=O) groups is 1. The second-order valence-electron chi connectivity index (χ2n) is 5.96. The largest absolute Gasteiger partial charge is 0.490 e. The van der Waals surface area contributed by atoms with Crippen LogP contribution >= 0.6 is 0 Å². The number of nitriles is 1. The summed E-state index contributed by atoms with van der Waals surface area (Å²) in [6.07, 6.45) is 0. The van der Waals surface area contributed by atoms with Crippen LogP contribution < -0.4 is 15.2 Å². The van der Waals surface area contributed by atoms with E-state index in [0.29, 0.717) is 29.2 Å². The van der Waals surface area contributed by atoms with E-state index < -0.39 is 17.7 Å². The molecule has 2 atom stereocenters. The van der Waals surface area contributed by atoms with Gasteiger partial charge in [-0.25, -0.2) is 0 Å². The van der Waals surface area contributed by atoms with Gasteiger partial charge in [0.25, 0.3) is 0 Å². The molecule has 0 aromatic heterocycles. The minimum atomic E-state index is -1.21. The molecule has 0 aliphatic carbocycles. The highest BCUT2D eigenvalue weighted by atomic mass is 16.5. The normalized spacial score (nSPS) is 16.1. The zero-order valence-corrected chi connectivity index (χ0v) is 15.1. The summed E-state index contributed by atoms with van der Waals surface area (Å²) in [5.41, 5.74) is 16.0. The Morgan fingerprint density at radius 2 is 2.11 bits per heavy atom. The molecule has 28 heavy (non-hydrogen) atoms. The second kappa shape index (κ2) is 8.16. The Bertz CT molecular complexity index is 1020. The maximum absolute atomic E-state index is 13.1. The molecular weight excluding hydrogens is 358 g/mol. The monoisotopic (exact) mass is 375 g/mol. The van der Waals surface area contributed by atoms with E-state index in [1.54, 1.807) is 48.5 Å².